The van der Waals surface area contributed by atoms with Crippen molar-refractivity contribution in [3.05, 3.63) is 66.3 Å². The van der Waals surface area contributed by atoms with Gasteiger partial charge in [-0.15, -0.1) is 0 Å². The molecule has 1 aliphatic rings. The summed E-state index contributed by atoms with van der Waals surface area (Å²) in [5.74, 6) is 0.514. The lowest BCUT2D eigenvalue weighted by atomic mass is 10.0. The molecule has 0 bridgehead atoms. The second-order valence-electron chi connectivity index (χ2n) is 3.59. The lowest BCUT2D eigenvalue weighted by Gasteiger charge is -2.03. The molecule has 14 heavy (non-hydrogen) atoms. The van der Waals surface area contributed by atoms with E-state index < -0.39 is 0 Å². The molecule has 1 unspecified atom stereocenters. The fourth-order valence-electron chi connectivity index (χ4n) is 1.62. The van der Waals surface area contributed by atoms with E-state index in [9.17, 15) is 0 Å². The Kier molecular flexibility index (Phi) is 2.64. The Bertz CT molecular complexity index is 380. The molecule has 0 saturated heterocycles. The molecule has 0 amide bonds. The zero-order valence-electron chi connectivity index (χ0n) is 8.35. The molecular weight excluding hydrogens is 168 g/mol. The summed E-state index contributed by atoms with van der Waals surface area (Å²) in [7, 11) is 0. The molecule has 0 aromatic heterocycles. The van der Waals surface area contributed by atoms with Gasteiger partial charge in [-0.1, -0.05) is 67.6 Å². The number of hydrogen-bond donors (Lipinski definition) is 0. The van der Waals surface area contributed by atoms with E-state index in [4.69, 9.17) is 0 Å². The average Bonchev–Trinajstić information content (AvgIpc) is 2.44. The highest BCUT2D eigenvalue weighted by molar-refractivity contribution is 5.75. The van der Waals surface area contributed by atoms with Gasteiger partial charge in [-0.3, -0.25) is 0 Å². The first-order valence-corrected chi connectivity index (χ1v) is 4.98. The van der Waals surface area contributed by atoms with Gasteiger partial charge in [0.25, 0.3) is 0 Å². The lowest BCUT2D eigenvalue weighted by Crippen LogP contribution is -1.85. The fraction of sp³-hybridized carbons (Fsp3) is 0.143. The van der Waals surface area contributed by atoms with Crippen LogP contribution in [0.1, 0.15) is 12.5 Å². The van der Waals surface area contributed by atoms with E-state index >= 15 is 0 Å². The van der Waals surface area contributed by atoms with Crippen LogP contribution in [0.25, 0.3) is 5.57 Å². The predicted molar refractivity (Wildman–Crippen MR) is 61.9 cm³/mol. The van der Waals surface area contributed by atoms with Crippen molar-refractivity contribution in [1.29, 1.82) is 0 Å². The summed E-state index contributed by atoms with van der Waals surface area (Å²) in [5, 5.41) is 0. The third-order valence-corrected chi connectivity index (χ3v) is 2.35. The summed E-state index contributed by atoms with van der Waals surface area (Å²) in [5.41, 5.74) is 2.60. The maximum absolute atomic E-state index is 2.29. The van der Waals surface area contributed by atoms with Crippen molar-refractivity contribution in [3.63, 3.8) is 0 Å². The van der Waals surface area contributed by atoms with Crippen LogP contribution in [0.2, 0.25) is 0 Å². The number of rotatable bonds is 1. The minimum Gasteiger partial charge on any atom is -0.0779 e. The zero-order valence-corrected chi connectivity index (χ0v) is 8.35. The van der Waals surface area contributed by atoms with Crippen LogP contribution in [0.15, 0.2) is 60.7 Å². The predicted octanol–water partition coefficient (Wildman–Crippen LogP) is 3.83. The molecule has 0 N–H and O–H groups in total. The maximum atomic E-state index is 2.29. The summed E-state index contributed by atoms with van der Waals surface area (Å²) in [6.45, 7) is 2.20. The third kappa shape index (κ3) is 2.02. The van der Waals surface area contributed by atoms with Gasteiger partial charge in [0, 0.05) is 0 Å². The van der Waals surface area contributed by atoms with Crippen molar-refractivity contribution in [2.45, 2.75) is 6.92 Å². The van der Waals surface area contributed by atoms with E-state index in [0.29, 0.717) is 5.92 Å². The van der Waals surface area contributed by atoms with Gasteiger partial charge < -0.3 is 0 Å². The second kappa shape index (κ2) is 4.10. The van der Waals surface area contributed by atoms with Gasteiger partial charge in [-0.05, 0) is 17.1 Å². The molecular formula is C14H14. The first-order valence-electron chi connectivity index (χ1n) is 4.98. The molecule has 0 spiro atoms. The molecule has 2 rings (SSSR count). The Hall–Kier alpha value is -1.56. The topological polar surface area (TPSA) is 0 Å². The van der Waals surface area contributed by atoms with Gasteiger partial charge >= 0.3 is 0 Å². The summed E-state index contributed by atoms with van der Waals surface area (Å²) in [4.78, 5) is 0. The van der Waals surface area contributed by atoms with Crippen molar-refractivity contribution >= 4 is 5.57 Å². The highest BCUT2D eigenvalue weighted by Crippen LogP contribution is 2.20. The van der Waals surface area contributed by atoms with Crippen LogP contribution < -0.4 is 0 Å². The highest BCUT2D eigenvalue weighted by atomic mass is 14.1. The molecule has 1 aromatic carbocycles. The van der Waals surface area contributed by atoms with E-state index in [-0.39, 0.29) is 0 Å². The fourth-order valence-corrected chi connectivity index (χ4v) is 1.62. The Morgan fingerprint density at radius 2 is 1.79 bits per heavy atom. The number of allylic oxidation sites excluding steroid dienone is 6. The lowest BCUT2D eigenvalue weighted by molar-refractivity contribution is 0.945. The minimum atomic E-state index is 0.514. The molecule has 70 valence electrons. The molecule has 0 radical (unpaired) electrons. The van der Waals surface area contributed by atoms with E-state index in [1.54, 1.807) is 0 Å². The highest BCUT2D eigenvalue weighted by Gasteiger charge is 2.00. The summed E-state index contributed by atoms with van der Waals surface area (Å²) in [6.07, 6.45) is 10.9. The molecule has 0 fully saturated rings. The summed E-state index contributed by atoms with van der Waals surface area (Å²) < 4.78 is 0. The van der Waals surface area contributed by atoms with Crippen LogP contribution >= 0.6 is 0 Å². The van der Waals surface area contributed by atoms with Crippen LogP contribution in [-0.4, -0.2) is 0 Å². The van der Waals surface area contributed by atoms with Gasteiger partial charge in [0.05, 0.1) is 0 Å². The van der Waals surface area contributed by atoms with E-state index in [2.05, 4.69) is 61.6 Å². The third-order valence-electron chi connectivity index (χ3n) is 2.35. The number of hydrogen-bond acceptors (Lipinski definition) is 0. The molecule has 0 saturated carbocycles. The Balaban J connectivity index is 2.35. The maximum Gasteiger partial charge on any atom is -0.00696 e. The van der Waals surface area contributed by atoms with E-state index in [0.717, 1.165) is 0 Å². The van der Waals surface area contributed by atoms with Gasteiger partial charge in [0.15, 0.2) is 0 Å². The average molecular weight is 182 g/mol. The van der Waals surface area contributed by atoms with E-state index in [1.165, 1.54) is 11.1 Å². The van der Waals surface area contributed by atoms with Crippen molar-refractivity contribution in [3.8, 4) is 0 Å². The second-order valence-corrected chi connectivity index (χ2v) is 3.59. The van der Waals surface area contributed by atoms with Crippen molar-refractivity contribution in [1.82, 2.24) is 0 Å². The zero-order chi connectivity index (χ0) is 9.80. The van der Waals surface area contributed by atoms with Crippen molar-refractivity contribution < 1.29 is 0 Å². The molecule has 0 aliphatic heterocycles. The molecule has 1 atom stereocenters. The van der Waals surface area contributed by atoms with Crippen LogP contribution in [-0.2, 0) is 0 Å². The van der Waals surface area contributed by atoms with Gasteiger partial charge in [-0.25, -0.2) is 0 Å². The molecule has 0 heteroatoms. The SMILES string of the molecule is CC1C=CC=CC(c2ccccc2)=C1. The smallest absolute Gasteiger partial charge is 0.00696 e. The minimum absolute atomic E-state index is 0.514. The molecule has 1 aliphatic carbocycles. The van der Waals surface area contributed by atoms with Gasteiger partial charge in [0.2, 0.25) is 0 Å². The molecule has 0 nitrogen and oxygen atoms in total. The Morgan fingerprint density at radius 3 is 2.57 bits per heavy atom. The Labute approximate surface area is 85.3 Å². The van der Waals surface area contributed by atoms with E-state index in [1.807, 2.05) is 6.07 Å². The summed E-state index contributed by atoms with van der Waals surface area (Å²) >= 11 is 0. The molecule has 1 aromatic rings. The van der Waals surface area contributed by atoms with Crippen LogP contribution in [0.4, 0.5) is 0 Å². The van der Waals surface area contributed by atoms with Crippen LogP contribution in [0.3, 0.4) is 0 Å². The summed E-state index contributed by atoms with van der Waals surface area (Å²) in [6, 6.07) is 10.5. The first-order chi connectivity index (χ1) is 6.86. The van der Waals surface area contributed by atoms with Crippen molar-refractivity contribution in [2.24, 2.45) is 5.92 Å². The largest absolute Gasteiger partial charge is 0.0779 e. The standard InChI is InChI=1S/C14H14/c1-12-7-5-6-10-14(11-12)13-8-3-2-4-9-13/h2-12H,1H3. The number of benzene rings is 1. The normalized spacial score (nSPS) is 20.4. The van der Waals surface area contributed by atoms with Gasteiger partial charge in [0.1, 0.15) is 0 Å². The van der Waals surface area contributed by atoms with Gasteiger partial charge in [-0.2, -0.15) is 0 Å². The monoisotopic (exact) mass is 182 g/mol. The molecule has 0 heterocycles. The van der Waals surface area contributed by atoms with Crippen molar-refractivity contribution in [2.75, 3.05) is 0 Å². The quantitative estimate of drug-likeness (QED) is 0.619. The van der Waals surface area contributed by atoms with Crippen LogP contribution in [0.5, 0.6) is 0 Å². The Morgan fingerprint density at radius 1 is 1.00 bits per heavy atom. The van der Waals surface area contributed by atoms with Crippen LogP contribution in [0, 0.1) is 5.92 Å². The first kappa shape index (κ1) is 9.01.